The highest BCUT2D eigenvalue weighted by atomic mass is 32.2. The van der Waals surface area contributed by atoms with Gasteiger partial charge in [0.1, 0.15) is 0 Å². The summed E-state index contributed by atoms with van der Waals surface area (Å²) >= 11 is 1.83. The van der Waals surface area contributed by atoms with Gasteiger partial charge in [-0.3, -0.25) is 4.79 Å². The molecule has 0 fully saturated rings. The molecule has 19 heavy (non-hydrogen) atoms. The Bertz CT molecular complexity index is 395. The molecule has 1 atom stereocenters. The van der Waals surface area contributed by atoms with Crippen molar-refractivity contribution in [2.45, 2.75) is 39.2 Å². The molecule has 0 aliphatic carbocycles. The lowest BCUT2D eigenvalue weighted by Gasteiger charge is -2.08. The number of aryl methyl sites for hydroxylation is 1. The summed E-state index contributed by atoms with van der Waals surface area (Å²) in [5, 5.41) is 2.92. The summed E-state index contributed by atoms with van der Waals surface area (Å²) in [5.74, 6) is 2.07. The SMILES string of the molecule is CCC(N)CSCCCC(=O)Nc1cccc(C)c1. The first-order valence-corrected chi connectivity index (χ1v) is 7.97. The van der Waals surface area contributed by atoms with E-state index < -0.39 is 0 Å². The molecule has 0 heterocycles. The molecule has 4 heteroatoms. The Morgan fingerprint density at radius 3 is 2.95 bits per heavy atom. The fourth-order valence-corrected chi connectivity index (χ4v) is 2.69. The molecular formula is C15H24N2OS. The van der Waals surface area contributed by atoms with Crippen molar-refractivity contribution in [1.29, 1.82) is 0 Å². The van der Waals surface area contributed by atoms with Gasteiger partial charge < -0.3 is 11.1 Å². The number of carbonyl (C=O) groups is 1. The van der Waals surface area contributed by atoms with Crippen LogP contribution in [0.3, 0.4) is 0 Å². The third kappa shape index (κ3) is 7.23. The number of nitrogens with one attached hydrogen (secondary N) is 1. The molecule has 0 aromatic heterocycles. The van der Waals surface area contributed by atoms with Crippen molar-refractivity contribution in [3.05, 3.63) is 29.8 Å². The molecule has 1 unspecified atom stereocenters. The van der Waals surface area contributed by atoms with Gasteiger partial charge in [-0.15, -0.1) is 0 Å². The van der Waals surface area contributed by atoms with Crippen LogP contribution in [0.5, 0.6) is 0 Å². The average Bonchev–Trinajstić information content (AvgIpc) is 2.38. The Hall–Kier alpha value is -1.00. The van der Waals surface area contributed by atoms with Gasteiger partial charge in [-0.2, -0.15) is 11.8 Å². The van der Waals surface area contributed by atoms with Crippen LogP contribution in [0, 0.1) is 6.92 Å². The van der Waals surface area contributed by atoms with Gasteiger partial charge in [-0.25, -0.2) is 0 Å². The number of hydrogen-bond acceptors (Lipinski definition) is 3. The number of hydrogen-bond donors (Lipinski definition) is 2. The predicted molar refractivity (Wildman–Crippen MR) is 84.6 cm³/mol. The van der Waals surface area contributed by atoms with E-state index in [0.29, 0.717) is 6.42 Å². The summed E-state index contributed by atoms with van der Waals surface area (Å²) < 4.78 is 0. The number of rotatable bonds is 8. The van der Waals surface area contributed by atoms with Crippen molar-refractivity contribution in [3.63, 3.8) is 0 Å². The van der Waals surface area contributed by atoms with Gasteiger partial charge >= 0.3 is 0 Å². The number of nitrogens with two attached hydrogens (primary N) is 1. The minimum Gasteiger partial charge on any atom is -0.327 e. The zero-order chi connectivity index (χ0) is 14.1. The highest BCUT2D eigenvalue weighted by molar-refractivity contribution is 7.99. The van der Waals surface area contributed by atoms with Crippen LogP contribution in [0.4, 0.5) is 5.69 Å². The van der Waals surface area contributed by atoms with Crippen molar-refractivity contribution in [3.8, 4) is 0 Å². The minimum absolute atomic E-state index is 0.0889. The maximum Gasteiger partial charge on any atom is 0.224 e. The molecule has 1 aromatic carbocycles. The van der Waals surface area contributed by atoms with Gasteiger partial charge in [-0.05, 0) is 43.2 Å². The molecule has 1 rings (SSSR count). The maximum atomic E-state index is 11.7. The summed E-state index contributed by atoms with van der Waals surface area (Å²) in [6.45, 7) is 4.11. The first kappa shape index (κ1) is 16.1. The van der Waals surface area contributed by atoms with Crippen molar-refractivity contribution >= 4 is 23.4 Å². The standard InChI is InChI=1S/C15H24N2OS/c1-3-13(16)11-19-9-5-8-15(18)17-14-7-4-6-12(2)10-14/h4,6-7,10,13H,3,5,8-9,11,16H2,1-2H3,(H,17,18). The van der Waals surface area contributed by atoms with E-state index in [0.717, 1.165) is 35.6 Å². The summed E-state index contributed by atoms with van der Waals surface area (Å²) in [7, 11) is 0. The molecule has 3 nitrogen and oxygen atoms in total. The van der Waals surface area contributed by atoms with Gasteiger partial charge in [0.25, 0.3) is 0 Å². The van der Waals surface area contributed by atoms with Gasteiger partial charge in [0.2, 0.25) is 5.91 Å². The molecule has 0 bridgehead atoms. The second-order valence-electron chi connectivity index (χ2n) is 4.76. The van der Waals surface area contributed by atoms with Crippen molar-refractivity contribution in [2.24, 2.45) is 5.73 Å². The second-order valence-corrected chi connectivity index (χ2v) is 5.91. The largest absolute Gasteiger partial charge is 0.327 e. The number of benzene rings is 1. The van der Waals surface area contributed by atoms with Crippen LogP contribution in [0.1, 0.15) is 31.7 Å². The van der Waals surface area contributed by atoms with Crippen LogP contribution in [0.15, 0.2) is 24.3 Å². The number of amides is 1. The van der Waals surface area contributed by atoms with Crippen LogP contribution >= 0.6 is 11.8 Å². The lowest BCUT2D eigenvalue weighted by Crippen LogP contribution is -2.21. The first-order chi connectivity index (χ1) is 9.11. The van der Waals surface area contributed by atoms with E-state index >= 15 is 0 Å². The van der Waals surface area contributed by atoms with Crippen LogP contribution < -0.4 is 11.1 Å². The Kier molecular flexibility index (Phi) is 7.60. The Balaban J connectivity index is 2.15. The topological polar surface area (TPSA) is 55.1 Å². The molecule has 1 amide bonds. The quantitative estimate of drug-likeness (QED) is 0.719. The number of anilines is 1. The zero-order valence-corrected chi connectivity index (χ0v) is 12.6. The third-order valence-electron chi connectivity index (χ3n) is 2.85. The van der Waals surface area contributed by atoms with Crippen molar-refractivity contribution in [2.75, 3.05) is 16.8 Å². The molecule has 106 valence electrons. The van der Waals surface area contributed by atoms with Crippen LogP contribution in [0.25, 0.3) is 0 Å². The van der Waals surface area contributed by atoms with Gasteiger partial charge in [0.05, 0.1) is 0 Å². The van der Waals surface area contributed by atoms with Crippen LogP contribution in [-0.2, 0) is 4.79 Å². The first-order valence-electron chi connectivity index (χ1n) is 6.81. The molecule has 0 saturated carbocycles. The fraction of sp³-hybridized carbons (Fsp3) is 0.533. The maximum absolute atomic E-state index is 11.7. The second kappa shape index (κ2) is 8.99. The van der Waals surface area contributed by atoms with E-state index in [2.05, 4.69) is 12.2 Å². The van der Waals surface area contributed by atoms with Gasteiger partial charge in [-0.1, -0.05) is 19.1 Å². The van der Waals surface area contributed by atoms with E-state index in [4.69, 9.17) is 5.73 Å². The normalized spacial score (nSPS) is 12.2. The molecule has 0 spiro atoms. The highest BCUT2D eigenvalue weighted by Gasteiger charge is 2.03. The molecule has 3 N–H and O–H groups in total. The molecule has 0 saturated heterocycles. The Morgan fingerprint density at radius 1 is 1.47 bits per heavy atom. The summed E-state index contributed by atoms with van der Waals surface area (Å²) in [6.07, 6.45) is 2.49. The highest BCUT2D eigenvalue weighted by Crippen LogP contribution is 2.11. The van der Waals surface area contributed by atoms with Crippen LogP contribution in [-0.4, -0.2) is 23.5 Å². The average molecular weight is 280 g/mol. The zero-order valence-electron chi connectivity index (χ0n) is 11.8. The lowest BCUT2D eigenvalue weighted by atomic mass is 10.2. The molecule has 0 radical (unpaired) electrons. The van der Waals surface area contributed by atoms with Crippen molar-refractivity contribution in [1.82, 2.24) is 0 Å². The summed E-state index contributed by atoms with van der Waals surface area (Å²) in [4.78, 5) is 11.7. The number of thioether (sulfide) groups is 1. The smallest absolute Gasteiger partial charge is 0.224 e. The minimum atomic E-state index is 0.0889. The summed E-state index contributed by atoms with van der Waals surface area (Å²) in [5.41, 5.74) is 7.87. The molecular weight excluding hydrogens is 256 g/mol. The molecule has 1 aromatic rings. The molecule has 0 aliphatic heterocycles. The van der Waals surface area contributed by atoms with E-state index in [9.17, 15) is 4.79 Å². The van der Waals surface area contributed by atoms with Gasteiger partial charge in [0, 0.05) is 23.9 Å². The Labute approximate surface area is 120 Å². The van der Waals surface area contributed by atoms with E-state index in [1.54, 1.807) is 0 Å². The Morgan fingerprint density at radius 2 is 2.26 bits per heavy atom. The molecule has 0 aliphatic rings. The van der Waals surface area contributed by atoms with Crippen molar-refractivity contribution < 1.29 is 4.79 Å². The number of carbonyl (C=O) groups excluding carboxylic acids is 1. The predicted octanol–water partition coefficient (Wildman–Crippen LogP) is 3.18. The third-order valence-corrected chi connectivity index (χ3v) is 4.09. The van der Waals surface area contributed by atoms with Gasteiger partial charge in [0.15, 0.2) is 0 Å². The van der Waals surface area contributed by atoms with Crippen LogP contribution in [0.2, 0.25) is 0 Å². The fourth-order valence-electron chi connectivity index (χ4n) is 1.63. The lowest BCUT2D eigenvalue weighted by molar-refractivity contribution is -0.116. The van der Waals surface area contributed by atoms with E-state index in [1.165, 1.54) is 0 Å². The van der Waals surface area contributed by atoms with E-state index in [-0.39, 0.29) is 11.9 Å². The monoisotopic (exact) mass is 280 g/mol. The summed E-state index contributed by atoms with van der Waals surface area (Å²) in [6, 6.07) is 8.15. The van der Waals surface area contributed by atoms with E-state index in [1.807, 2.05) is 43.0 Å².